The molecule has 152 valence electrons. The number of fused-ring (bicyclic) bond motifs is 2. The molecule has 0 saturated carbocycles. The first kappa shape index (κ1) is 19.8. The Morgan fingerprint density at radius 3 is 1.80 bits per heavy atom. The van der Waals surface area contributed by atoms with Crippen LogP contribution in [0.1, 0.15) is 24.0 Å². The summed E-state index contributed by atoms with van der Waals surface area (Å²) < 4.78 is 9.81. The summed E-state index contributed by atoms with van der Waals surface area (Å²) in [5.41, 5.74) is 4.06. The minimum Gasteiger partial charge on any atom is -0.465 e. The van der Waals surface area contributed by atoms with Crippen molar-refractivity contribution in [1.29, 1.82) is 0 Å². The van der Waals surface area contributed by atoms with Crippen molar-refractivity contribution in [2.75, 3.05) is 6.61 Å². The molecule has 0 unspecified atom stereocenters. The van der Waals surface area contributed by atoms with Gasteiger partial charge in [0.05, 0.1) is 6.61 Å². The fraction of sp³-hybridized carbons (Fsp3) is 0.192. The maximum atomic E-state index is 13.3. The molecule has 2 heterocycles. The standard InChI is InChI=1S/C26H26N2O2/c1-4-15-27-17-21(19-11-7-9-13-23(19)27)25(26(29)30-6-3)22-18-28(16-5-2)24-14-10-8-12-20(22)24/h4-5,7-14,17-18,25H,1-2,6,15-16H2,3H3. The third kappa shape index (κ3) is 3.35. The van der Waals surface area contributed by atoms with Gasteiger partial charge in [0.15, 0.2) is 0 Å². The van der Waals surface area contributed by atoms with Gasteiger partial charge in [0, 0.05) is 47.3 Å². The molecule has 0 radical (unpaired) electrons. The van der Waals surface area contributed by atoms with Gasteiger partial charge >= 0.3 is 5.97 Å². The molecule has 0 N–H and O–H groups in total. The van der Waals surface area contributed by atoms with E-state index in [0.717, 1.165) is 32.9 Å². The first-order chi connectivity index (χ1) is 14.7. The lowest BCUT2D eigenvalue weighted by Crippen LogP contribution is -2.17. The zero-order chi connectivity index (χ0) is 21.1. The van der Waals surface area contributed by atoms with Crippen molar-refractivity contribution in [2.24, 2.45) is 0 Å². The zero-order valence-electron chi connectivity index (χ0n) is 17.3. The second kappa shape index (κ2) is 8.46. The van der Waals surface area contributed by atoms with Crippen LogP contribution >= 0.6 is 0 Å². The highest BCUT2D eigenvalue weighted by atomic mass is 16.5. The smallest absolute Gasteiger partial charge is 0.318 e. The van der Waals surface area contributed by atoms with Crippen LogP contribution in [0.25, 0.3) is 21.8 Å². The lowest BCUT2D eigenvalue weighted by molar-refractivity contribution is -0.143. The summed E-state index contributed by atoms with van der Waals surface area (Å²) in [6.07, 6.45) is 7.86. The number of nitrogens with zero attached hydrogens (tertiary/aromatic N) is 2. The van der Waals surface area contributed by atoms with Crippen molar-refractivity contribution in [2.45, 2.75) is 25.9 Å². The molecule has 0 aliphatic rings. The molecule has 0 amide bonds. The summed E-state index contributed by atoms with van der Waals surface area (Å²) in [7, 11) is 0. The quantitative estimate of drug-likeness (QED) is 0.283. The number of allylic oxidation sites excluding steroid dienone is 2. The average molecular weight is 399 g/mol. The van der Waals surface area contributed by atoms with Gasteiger partial charge in [0.2, 0.25) is 0 Å². The molecule has 2 aromatic heterocycles. The number of carbonyl (C=O) groups is 1. The highest BCUT2D eigenvalue weighted by Crippen LogP contribution is 2.37. The van der Waals surface area contributed by atoms with E-state index >= 15 is 0 Å². The Balaban J connectivity index is 1.99. The predicted molar refractivity (Wildman–Crippen MR) is 123 cm³/mol. The van der Waals surface area contributed by atoms with E-state index in [1.165, 1.54) is 0 Å². The number of ether oxygens (including phenoxy) is 1. The van der Waals surface area contributed by atoms with Crippen LogP contribution in [0, 0.1) is 0 Å². The van der Waals surface area contributed by atoms with Gasteiger partial charge in [-0.1, -0.05) is 48.6 Å². The molecule has 0 aliphatic heterocycles. The number of hydrogen-bond acceptors (Lipinski definition) is 2. The number of benzene rings is 2. The molecular formula is C26H26N2O2. The first-order valence-electron chi connectivity index (χ1n) is 10.2. The number of para-hydroxylation sites is 2. The van der Waals surface area contributed by atoms with Crippen LogP contribution in [0.2, 0.25) is 0 Å². The van der Waals surface area contributed by atoms with E-state index in [9.17, 15) is 4.79 Å². The molecular weight excluding hydrogens is 372 g/mol. The maximum absolute atomic E-state index is 13.3. The molecule has 2 aromatic carbocycles. The summed E-state index contributed by atoms with van der Waals surface area (Å²) in [6, 6.07) is 16.3. The van der Waals surface area contributed by atoms with E-state index in [2.05, 4.69) is 59.0 Å². The SMILES string of the molecule is C=CCn1cc(C(C(=O)OCC)c2cn(CC=C)c3ccccc23)c2ccccc21. The zero-order valence-corrected chi connectivity index (χ0v) is 17.3. The van der Waals surface area contributed by atoms with Crippen LogP contribution in [-0.4, -0.2) is 21.7 Å². The van der Waals surface area contributed by atoms with E-state index in [0.29, 0.717) is 19.7 Å². The van der Waals surface area contributed by atoms with Crippen LogP contribution in [0.5, 0.6) is 0 Å². The number of carbonyl (C=O) groups excluding carboxylic acids is 1. The molecule has 4 rings (SSSR count). The normalized spacial score (nSPS) is 11.3. The molecule has 0 fully saturated rings. The molecule has 4 heteroatoms. The lowest BCUT2D eigenvalue weighted by atomic mass is 9.90. The number of hydrogen-bond donors (Lipinski definition) is 0. The summed E-state index contributed by atoms with van der Waals surface area (Å²) in [4.78, 5) is 13.3. The van der Waals surface area contributed by atoms with E-state index in [1.54, 1.807) is 0 Å². The molecule has 30 heavy (non-hydrogen) atoms. The molecule has 0 aliphatic carbocycles. The molecule has 0 bridgehead atoms. The van der Waals surface area contributed by atoms with Gasteiger partial charge < -0.3 is 13.9 Å². The van der Waals surface area contributed by atoms with Gasteiger partial charge in [-0.2, -0.15) is 0 Å². The first-order valence-corrected chi connectivity index (χ1v) is 10.2. The monoisotopic (exact) mass is 398 g/mol. The van der Waals surface area contributed by atoms with Crippen molar-refractivity contribution in [3.05, 3.63) is 97.4 Å². The van der Waals surface area contributed by atoms with Crippen LogP contribution in [-0.2, 0) is 22.6 Å². The van der Waals surface area contributed by atoms with Crippen molar-refractivity contribution in [1.82, 2.24) is 9.13 Å². The Morgan fingerprint density at radius 1 is 0.900 bits per heavy atom. The van der Waals surface area contributed by atoms with Crippen LogP contribution < -0.4 is 0 Å². The van der Waals surface area contributed by atoms with Crippen molar-refractivity contribution in [3.8, 4) is 0 Å². The van der Waals surface area contributed by atoms with E-state index in [1.807, 2.05) is 43.3 Å². The third-order valence-corrected chi connectivity index (χ3v) is 5.43. The fourth-order valence-electron chi connectivity index (χ4n) is 4.24. The number of esters is 1. The molecule has 4 nitrogen and oxygen atoms in total. The van der Waals surface area contributed by atoms with Crippen LogP contribution in [0.4, 0.5) is 0 Å². The van der Waals surface area contributed by atoms with Crippen LogP contribution in [0.3, 0.4) is 0 Å². The second-order valence-corrected chi connectivity index (χ2v) is 7.27. The van der Waals surface area contributed by atoms with Gasteiger partial charge in [-0.3, -0.25) is 4.79 Å². The van der Waals surface area contributed by atoms with E-state index in [-0.39, 0.29) is 5.97 Å². The predicted octanol–water partition coefficient (Wildman–Crippen LogP) is 5.66. The Bertz CT molecular complexity index is 1140. The van der Waals surface area contributed by atoms with Crippen molar-refractivity contribution in [3.63, 3.8) is 0 Å². The van der Waals surface area contributed by atoms with Gasteiger partial charge in [-0.25, -0.2) is 0 Å². The van der Waals surface area contributed by atoms with E-state index < -0.39 is 5.92 Å². The highest BCUT2D eigenvalue weighted by Gasteiger charge is 2.30. The minimum atomic E-state index is -0.517. The Labute approximate surface area is 176 Å². The summed E-state index contributed by atoms with van der Waals surface area (Å²) in [5, 5.41) is 2.11. The summed E-state index contributed by atoms with van der Waals surface area (Å²) >= 11 is 0. The number of rotatable bonds is 8. The van der Waals surface area contributed by atoms with Gasteiger partial charge in [-0.05, 0) is 30.2 Å². The van der Waals surface area contributed by atoms with Gasteiger partial charge in [0.1, 0.15) is 5.92 Å². The molecule has 4 aromatic rings. The van der Waals surface area contributed by atoms with Crippen molar-refractivity contribution >= 4 is 27.8 Å². The summed E-state index contributed by atoms with van der Waals surface area (Å²) in [6.45, 7) is 11.3. The molecule has 0 spiro atoms. The highest BCUT2D eigenvalue weighted by molar-refractivity contribution is 5.97. The largest absolute Gasteiger partial charge is 0.465 e. The Morgan fingerprint density at radius 2 is 1.37 bits per heavy atom. The van der Waals surface area contributed by atoms with Gasteiger partial charge in [-0.15, -0.1) is 13.2 Å². The van der Waals surface area contributed by atoms with E-state index in [4.69, 9.17) is 4.74 Å². The summed E-state index contributed by atoms with van der Waals surface area (Å²) in [5.74, 6) is -0.752. The van der Waals surface area contributed by atoms with Crippen LogP contribution in [0.15, 0.2) is 86.2 Å². The molecule has 0 saturated heterocycles. The topological polar surface area (TPSA) is 36.2 Å². The maximum Gasteiger partial charge on any atom is 0.318 e. The van der Waals surface area contributed by atoms with Gasteiger partial charge in [0.25, 0.3) is 0 Å². The average Bonchev–Trinajstić information content (AvgIpc) is 3.29. The second-order valence-electron chi connectivity index (χ2n) is 7.27. The Kier molecular flexibility index (Phi) is 5.57. The minimum absolute atomic E-state index is 0.236. The molecule has 0 atom stereocenters. The van der Waals surface area contributed by atoms with Crippen molar-refractivity contribution < 1.29 is 9.53 Å². The fourth-order valence-corrected chi connectivity index (χ4v) is 4.24. The number of aromatic nitrogens is 2. The third-order valence-electron chi connectivity index (χ3n) is 5.43. The Hall–Kier alpha value is -3.53. The lowest BCUT2D eigenvalue weighted by Gasteiger charge is -2.15.